The monoisotopic (exact) mass is 281 g/mol. The van der Waals surface area contributed by atoms with E-state index in [2.05, 4.69) is 0 Å². The Kier molecular flexibility index (Phi) is 4.24. The van der Waals surface area contributed by atoms with Crippen molar-refractivity contribution in [3.8, 4) is 5.75 Å². The van der Waals surface area contributed by atoms with Crippen molar-refractivity contribution in [3.63, 3.8) is 0 Å². The smallest absolute Gasteiger partial charge is 0.145 e. The molecule has 0 bridgehead atoms. The molecule has 0 spiro atoms. The van der Waals surface area contributed by atoms with Crippen LogP contribution in [0.1, 0.15) is 11.7 Å². The minimum atomic E-state index is -0.875. The van der Waals surface area contributed by atoms with Gasteiger partial charge in [0.15, 0.2) is 0 Å². The summed E-state index contributed by atoms with van der Waals surface area (Å²) in [6.45, 7) is -0.0186. The predicted molar refractivity (Wildman–Crippen MR) is 72.7 cm³/mol. The summed E-state index contributed by atoms with van der Waals surface area (Å²) in [6, 6.07) is 11.1. The maximum Gasteiger partial charge on any atom is 0.145 e. The molecule has 0 aliphatic heterocycles. The first-order valence-corrected chi connectivity index (χ1v) is 6.06. The van der Waals surface area contributed by atoms with E-state index in [-0.39, 0.29) is 11.6 Å². The van der Waals surface area contributed by atoms with E-state index >= 15 is 0 Å². The van der Waals surface area contributed by atoms with Crippen LogP contribution in [0.4, 0.5) is 10.1 Å². The predicted octanol–water partition coefficient (Wildman–Crippen LogP) is 3.17. The number of aliphatic hydroxyl groups excluding tert-OH is 1. The normalized spacial score (nSPS) is 12.2. The molecule has 0 saturated carbocycles. The number of nitrogen functional groups attached to an aromatic ring is 1. The summed E-state index contributed by atoms with van der Waals surface area (Å²) in [5, 5.41) is 9.99. The van der Waals surface area contributed by atoms with Crippen LogP contribution in [-0.4, -0.2) is 11.7 Å². The second-order valence-corrected chi connectivity index (χ2v) is 4.44. The van der Waals surface area contributed by atoms with Gasteiger partial charge in [-0.3, -0.25) is 0 Å². The first-order valence-electron chi connectivity index (χ1n) is 5.68. The Morgan fingerprint density at radius 3 is 2.68 bits per heavy atom. The zero-order valence-corrected chi connectivity index (χ0v) is 10.8. The Morgan fingerprint density at radius 2 is 2.00 bits per heavy atom. The van der Waals surface area contributed by atoms with E-state index < -0.39 is 11.9 Å². The molecule has 100 valence electrons. The Bertz CT molecular complexity index is 577. The molecule has 2 rings (SSSR count). The number of hydrogen-bond donors (Lipinski definition) is 2. The number of para-hydroxylation sites is 1. The summed E-state index contributed by atoms with van der Waals surface area (Å²) >= 11 is 5.56. The molecule has 2 aromatic carbocycles. The van der Waals surface area contributed by atoms with Gasteiger partial charge in [0.25, 0.3) is 0 Å². The van der Waals surface area contributed by atoms with Crippen LogP contribution in [0, 0.1) is 5.82 Å². The van der Waals surface area contributed by atoms with Crippen molar-refractivity contribution in [2.24, 2.45) is 0 Å². The highest BCUT2D eigenvalue weighted by molar-refractivity contribution is 6.30. The summed E-state index contributed by atoms with van der Waals surface area (Å²) in [6.07, 6.45) is -0.875. The lowest BCUT2D eigenvalue weighted by Crippen LogP contribution is -2.11. The average Bonchev–Trinajstić information content (AvgIpc) is 2.40. The van der Waals surface area contributed by atoms with E-state index in [9.17, 15) is 9.50 Å². The van der Waals surface area contributed by atoms with E-state index in [1.807, 2.05) is 0 Å². The fraction of sp³-hybridized carbons (Fsp3) is 0.143. The van der Waals surface area contributed by atoms with Gasteiger partial charge < -0.3 is 15.6 Å². The first kappa shape index (κ1) is 13.6. The van der Waals surface area contributed by atoms with Crippen LogP contribution in [0.3, 0.4) is 0 Å². The van der Waals surface area contributed by atoms with Gasteiger partial charge in [-0.25, -0.2) is 4.39 Å². The van der Waals surface area contributed by atoms with Gasteiger partial charge in [-0.15, -0.1) is 0 Å². The van der Waals surface area contributed by atoms with Gasteiger partial charge in [-0.1, -0.05) is 29.8 Å². The maximum absolute atomic E-state index is 13.2. The molecule has 0 aromatic heterocycles. The van der Waals surface area contributed by atoms with Crippen molar-refractivity contribution in [1.82, 2.24) is 0 Å². The third-order valence-corrected chi connectivity index (χ3v) is 2.96. The lowest BCUT2D eigenvalue weighted by atomic mass is 10.1. The summed E-state index contributed by atoms with van der Waals surface area (Å²) < 4.78 is 18.5. The van der Waals surface area contributed by atoms with Gasteiger partial charge >= 0.3 is 0 Å². The number of rotatable bonds is 4. The van der Waals surface area contributed by atoms with Crippen molar-refractivity contribution < 1.29 is 14.2 Å². The third-order valence-electron chi connectivity index (χ3n) is 2.65. The quantitative estimate of drug-likeness (QED) is 0.846. The number of ether oxygens (including phenoxy) is 1. The molecule has 0 radical (unpaired) electrons. The molecule has 0 heterocycles. The van der Waals surface area contributed by atoms with Crippen molar-refractivity contribution in [3.05, 3.63) is 58.9 Å². The van der Waals surface area contributed by atoms with Gasteiger partial charge in [0.1, 0.15) is 24.3 Å². The summed E-state index contributed by atoms with van der Waals surface area (Å²) in [7, 11) is 0. The van der Waals surface area contributed by atoms with Crippen molar-refractivity contribution >= 4 is 17.3 Å². The largest absolute Gasteiger partial charge is 0.490 e. The highest BCUT2D eigenvalue weighted by Gasteiger charge is 2.11. The average molecular weight is 282 g/mol. The molecule has 2 aromatic rings. The van der Waals surface area contributed by atoms with Gasteiger partial charge in [0.05, 0.1) is 5.02 Å². The molecule has 0 aliphatic carbocycles. The standard InChI is InChI=1S/C14H13ClFNO2/c15-11-6-5-9(7-12(11)16)19-8-14(18)10-3-1-2-4-13(10)17/h1-7,14,18H,8,17H2. The number of aliphatic hydroxyl groups is 1. The molecule has 0 fully saturated rings. The Labute approximate surface area is 115 Å². The zero-order valence-electron chi connectivity index (χ0n) is 10.0. The molecule has 1 atom stereocenters. The molecule has 1 unspecified atom stereocenters. The summed E-state index contributed by atoms with van der Waals surface area (Å²) in [5.41, 5.74) is 6.81. The zero-order chi connectivity index (χ0) is 13.8. The first-order chi connectivity index (χ1) is 9.08. The van der Waals surface area contributed by atoms with Crippen LogP contribution in [0.2, 0.25) is 5.02 Å². The molecule has 5 heteroatoms. The number of benzene rings is 2. The number of anilines is 1. The van der Waals surface area contributed by atoms with E-state index in [1.165, 1.54) is 18.2 Å². The van der Waals surface area contributed by atoms with E-state index in [0.29, 0.717) is 17.0 Å². The molecule has 0 saturated heterocycles. The molecule has 19 heavy (non-hydrogen) atoms. The van der Waals surface area contributed by atoms with Crippen molar-refractivity contribution in [2.75, 3.05) is 12.3 Å². The molecular formula is C14H13ClFNO2. The third kappa shape index (κ3) is 3.36. The SMILES string of the molecule is Nc1ccccc1C(O)COc1ccc(Cl)c(F)c1. The van der Waals surface area contributed by atoms with Crippen LogP contribution < -0.4 is 10.5 Å². The summed E-state index contributed by atoms with van der Waals surface area (Å²) in [4.78, 5) is 0. The Morgan fingerprint density at radius 1 is 1.26 bits per heavy atom. The van der Waals surface area contributed by atoms with Crippen LogP contribution in [-0.2, 0) is 0 Å². The van der Waals surface area contributed by atoms with E-state index in [0.717, 1.165) is 0 Å². The molecule has 0 aliphatic rings. The minimum absolute atomic E-state index is 0.0186. The Hall–Kier alpha value is -1.78. The van der Waals surface area contributed by atoms with E-state index in [1.54, 1.807) is 24.3 Å². The number of hydrogen-bond acceptors (Lipinski definition) is 3. The highest BCUT2D eigenvalue weighted by Crippen LogP contribution is 2.23. The number of halogens is 2. The second kappa shape index (κ2) is 5.91. The van der Waals surface area contributed by atoms with Crippen molar-refractivity contribution in [1.29, 1.82) is 0 Å². The second-order valence-electron chi connectivity index (χ2n) is 4.03. The van der Waals surface area contributed by atoms with Crippen LogP contribution >= 0.6 is 11.6 Å². The lowest BCUT2D eigenvalue weighted by Gasteiger charge is -2.14. The van der Waals surface area contributed by atoms with Gasteiger partial charge in [-0.2, -0.15) is 0 Å². The molecule has 0 amide bonds. The molecule has 3 nitrogen and oxygen atoms in total. The number of nitrogens with two attached hydrogens (primary N) is 1. The van der Waals surface area contributed by atoms with Crippen molar-refractivity contribution in [2.45, 2.75) is 6.10 Å². The topological polar surface area (TPSA) is 55.5 Å². The minimum Gasteiger partial charge on any atom is -0.490 e. The fourth-order valence-electron chi connectivity index (χ4n) is 1.65. The van der Waals surface area contributed by atoms with Gasteiger partial charge in [-0.05, 0) is 18.2 Å². The highest BCUT2D eigenvalue weighted by atomic mass is 35.5. The molecule has 3 N–H and O–H groups in total. The van der Waals surface area contributed by atoms with Gasteiger partial charge in [0.2, 0.25) is 0 Å². The van der Waals surface area contributed by atoms with Crippen LogP contribution in [0.15, 0.2) is 42.5 Å². The van der Waals surface area contributed by atoms with Crippen LogP contribution in [0.25, 0.3) is 0 Å². The van der Waals surface area contributed by atoms with Crippen LogP contribution in [0.5, 0.6) is 5.75 Å². The lowest BCUT2D eigenvalue weighted by molar-refractivity contribution is 0.108. The maximum atomic E-state index is 13.2. The fourth-order valence-corrected chi connectivity index (χ4v) is 1.76. The van der Waals surface area contributed by atoms with Gasteiger partial charge in [0, 0.05) is 17.3 Å². The molecular weight excluding hydrogens is 269 g/mol. The Balaban J connectivity index is 2.02. The summed E-state index contributed by atoms with van der Waals surface area (Å²) in [5.74, 6) is -0.261. The van der Waals surface area contributed by atoms with E-state index in [4.69, 9.17) is 22.1 Å².